The van der Waals surface area contributed by atoms with Gasteiger partial charge in [-0.2, -0.15) is 0 Å². The zero-order chi connectivity index (χ0) is 20.3. The molecule has 0 aliphatic heterocycles. The Morgan fingerprint density at radius 2 is 1.86 bits per heavy atom. The third kappa shape index (κ3) is 3.87. The maximum Gasteiger partial charge on any atom is 0.332 e. The first-order chi connectivity index (χ1) is 13.4. The second kappa shape index (κ2) is 8.43. The van der Waals surface area contributed by atoms with E-state index in [1.807, 2.05) is 37.3 Å². The summed E-state index contributed by atoms with van der Waals surface area (Å²) < 4.78 is 2.44. The Balaban J connectivity index is 2.00. The van der Waals surface area contributed by atoms with Gasteiger partial charge in [-0.15, -0.1) is 11.8 Å². The number of pyridine rings is 1. The summed E-state index contributed by atoms with van der Waals surface area (Å²) in [5.41, 5.74) is 1.14. The molecule has 0 radical (unpaired) electrons. The Hall–Kier alpha value is -2.87. The van der Waals surface area contributed by atoms with Crippen molar-refractivity contribution in [3.8, 4) is 0 Å². The Bertz CT molecular complexity index is 1140. The zero-order valence-electron chi connectivity index (χ0n) is 16.1. The summed E-state index contributed by atoms with van der Waals surface area (Å²) >= 11 is 1.30. The van der Waals surface area contributed by atoms with E-state index in [0.717, 1.165) is 28.7 Å². The highest BCUT2D eigenvalue weighted by Crippen LogP contribution is 2.29. The lowest BCUT2D eigenvalue weighted by molar-refractivity contribution is -0.113. The molecule has 7 nitrogen and oxygen atoms in total. The van der Waals surface area contributed by atoms with Crippen molar-refractivity contribution in [3.05, 3.63) is 62.9 Å². The fraction of sp³-hybridized carbons (Fsp3) is 0.300. The topological polar surface area (TPSA) is 86.0 Å². The number of rotatable bonds is 6. The van der Waals surface area contributed by atoms with Crippen LogP contribution in [0.5, 0.6) is 0 Å². The van der Waals surface area contributed by atoms with Gasteiger partial charge in [-0.05, 0) is 24.1 Å². The van der Waals surface area contributed by atoms with E-state index < -0.39 is 11.2 Å². The molecule has 0 aliphatic rings. The van der Waals surface area contributed by atoms with E-state index in [4.69, 9.17) is 0 Å². The number of anilines is 1. The number of aromatic nitrogens is 3. The van der Waals surface area contributed by atoms with Crippen molar-refractivity contribution in [3.63, 3.8) is 0 Å². The summed E-state index contributed by atoms with van der Waals surface area (Å²) in [7, 11) is 3.04. The minimum Gasteiger partial charge on any atom is -0.325 e. The second-order valence-corrected chi connectivity index (χ2v) is 7.46. The maximum absolute atomic E-state index is 12.8. The highest BCUT2D eigenvalue weighted by molar-refractivity contribution is 8.00. The van der Waals surface area contributed by atoms with Gasteiger partial charge < -0.3 is 5.32 Å². The molecule has 0 bridgehead atoms. The van der Waals surface area contributed by atoms with Gasteiger partial charge >= 0.3 is 5.69 Å². The van der Waals surface area contributed by atoms with Crippen molar-refractivity contribution >= 4 is 34.4 Å². The van der Waals surface area contributed by atoms with Crippen LogP contribution in [0.2, 0.25) is 0 Å². The largest absolute Gasteiger partial charge is 0.332 e. The van der Waals surface area contributed by atoms with Crippen LogP contribution in [0.15, 0.2) is 51.0 Å². The van der Waals surface area contributed by atoms with Crippen molar-refractivity contribution in [1.29, 1.82) is 0 Å². The van der Waals surface area contributed by atoms with Gasteiger partial charge in [-0.25, -0.2) is 9.78 Å². The summed E-state index contributed by atoms with van der Waals surface area (Å²) in [5, 5.41) is 3.23. The molecule has 1 amide bonds. The van der Waals surface area contributed by atoms with Crippen LogP contribution in [-0.2, 0) is 25.3 Å². The number of para-hydroxylation sites is 1. The molecule has 1 aromatic carbocycles. The van der Waals surface area contributed by atoms with Crippen LogP contribution in [0.1, 0.15) is 18.9 Å². The number of thioether (sulfide) groups is 1. The molecule has 2 heterocycles. The van der Waals surface area contributed by atoms with Crippen molar-refractivity contribution in [2.75, 3.05) is 11.1 Å². The van der Waals surface area contributed by atoms with Crippen LogP contribution in [0.25, 0.3) is 11.0 Å². The quantitative estimate of drug-likeness (QED) is 0.644. The van der Waals surface area contributed by atoms with Gasteiger partial charge in [0.25, 0.3) is 5.56 Å². The number of aryl methyl sites for hydroxylation is 2. The highest BCUT2D eigenvalue weighted by atomic mass is 32.2. The lowest BCUT2D eigenvalue weighted by Crippen LogP contribution is -2.37. The fourth-order valence-corrected chi connectivity index (χ4v) is 4.02. The molecule has 2 aromatic heterocycles. The summed E-state index contributed by atoms with van der Waals surface area (Å²) in [5.74, 6) is -0.0123. The normalized spacial score (nSPS) is 11.0. The molecule has 0 aliphatic carbocycles. The number of benzene rings is 1. The third-order valence-corrected chi connectivity index (χ3v) is 5.58. The van der Waals surface area contributed by atoms with Crippen molar-refractivity contribution in [2.45, 2.75) is 24.7 Å². The minimum atomic E-state index is -0.425. The number of carbonyl (C=O) groups is 1. The molecule has 8 heteroatoms. The molecule has 0 atom stereocenters. The van der Waals surface area contributed by atoms with Gasteiger partial charge in [0.2, 0.25) is 5.91 Å². The number of nitrogens with zero attached hydrogens (tertiary/aromatic N) is 3. The molecule has 3 aromatic rings. The van der Waals surface area contributed by atoms with Gasteiger partial charge in [-0.3, -0.25) is 18.7 Å². The van der Waals surface area contributed by atoms with E-state index >= 15 is 0 Å². The smallest absolute Gasteiger partial charge is 0.325 e. The van der Waals surface area contributed by atoms with Crippen LogP contribution in [0.3, 0.4) is 0 Å². The first kappa shape index (κ1) is 19.9. The average molecular weight is 398 g/mol. The van der Waals surface area contributed by atoms with E-state index in [-0.39, 0.29) is 11.7 Å². The second-order valence-electron chi connectivity index (χ2n) is 6.47. The minimum absolute atomic E-state index is 0.150. The molecular weight excluding hydrogens is 376 g/mol. The predicted molar refractivity (Wildman–Crippen MR) is 112 cm³/mol. The predicted octanol–water partition coefficient (Wildman–Crippen LogP) is 2.32. The molecule has 3 rings (SSSR count). The molecule has 0 spiro atoms. The van der Waals surface area contributed by atoms with Gasteiger partial charge in [0.1, 0.15) is 5.65 Å². The number of hydrogen-bond acceptors (Lipinski definition) is 5. The number of nitrogens with one attached hydrogen (secondary N) is 1. The molecule has 28 heavy (non-hydrogen) atoms. The SMILES string of the molecule is CCCc1cnc2c(c1SCC(=O)Nc1ccccc1)c(=O)n(C)c(=O)n2C. The van der Waals surface area contributed by atoms with Gasteiger partial charge in [0.05, 0.1) is 11.1 Å². The van der Waals surface area contributed by atoms with E-state index in [1.165, 1.54) is 23.4 Å². The average Bonchev–Trinajstić information content (AvgIpc) is 2.70. The lowest BCUT2D eigenvalue weighted by Gasteiger charge is -2.14. The van der Waals surface area contributed by atoms with Crippen LogP contribution in [0.4, 0.5) is 5.69 Å². The lowest BCUT2D eigenvalue weighted by atomic mass is 10.1. The maximum atomic E-state index is 12.8. The summed E-state index contributed by atoms with van der Waals surface area (Å²) in [6.45, 7) is 2.04. The standard InChI is InChI=1S/C20H22N4O3S/c1-4-8-13-11-21-18-16(19(26)24(3)20(27)23(18)2)17(13)28-12-15(25)22-14-9-6-5-7-10-14/h5-7,9-11H,4,8,12H2,1-3H3,(H,22,25). The Morgan fingerprint density at radius 3 is 2.54 bits per heavy atom. The summed E-state index contributed by atoms with van der Waals surface area (Å²) in [6, 6.07) is 9.22. The van der Waals surface area contributed by atoms with E-state index in [2.05, 4.69) is 10.3 Å². The Morgan fingerprint density at radius 1 is 1.14 bits per heavy atom. The van der Waals surface area contributed by atoms with Crippen molar-refractivity contribution in [1.82, 2.24) is 14.1 Å². The molecule has 0 saturated carbocycles. The van der Waals surface area contributed by atoms with Gasteiger partial charge in [0.15, 0.2) is 0 Å². The van der Waals surface area contributed by atoms with Gasteiger partial charge in [0, 0.05) is 30.9 Å². The summed E-state index contributed by atoms with van der Waals surface area (Å²) in [4.78, 5) is 42.5. The monoisotopic (exact) mass is 398 g/mol. The molecular formula is C20H22N4O3S. The van der Waals surface area contributed by atoms with Crippen LogP contribution >= 0.6 is 11.8 Å². The first-order valence-electron chi connectivity index (χ1n) is 8.99. The van der Waals surface area contributed by atoms with Crippen LogP contribution < -0.4 is 16.6 Å². The van der Waals surface area contributed by atoms with Crippen molar-refractivity contribution < 1.29 is 4.79 Å². The number of amides is 1. The first-order valence-corrected chi connectivity index (χ1v) is 9.98. The van der Waals surface area contributed by atoms with Crippen LogP contribution in [0, 0.1) is 0 Å². The Kier molecular flexibility index (Phi) is 5.99. The number of carbonyl (C=O) groups excluding carboxylic acids is 1. The number of hydrogen-bond donors (Lipinski definition) is 1. The molecule has 1 N–H and O–H groups in total. The Labute approximate surface area is 166 Å². The highest BCUT2D eigenvalue weighted by Gasteiger charge is 2.18. The van der Waals surface area contributed by atoms with E-state index in [1.54, 1.807) is 13.2 Å². The molecule has 0 unspecified atom stereocenters. The summed E-state index contributed by atoms with van der Waals surface area (Å²) in [6.07, 6.45) is 3.31. The number of fused-ring (bicyclic) bond motifs is 1. The molecule has 146 valence electrons. The van der Waals surface area contributed by atoms with Gasteiger partial charge in [-0.1, -0.05) is 31.5 Å². The van der Waals surface area contributed by atoms with E-state index in [9.17, 15) is 14.4 Å². The fourth-order valence-electron chi connectivity index (χ4n) is 3.01. The van der Waals surface area contributed by atoms with Crippen molar-refractivity contribution in [2.24, 2.45) is 14.1 Å². The molecule has 0 fully saturated rings. The van der Waals surface area contributed by atoms with Crippen LogP contribution in [-0.4, -0.2) is 25.8 Å². The zero-order valence-corrected chi connectivity index (χ0v) is 16.9. The molecule has 0 saturated heterocycles. The third-order valence-electron chi connectivity index (χ3n) is 4.42. The van der Waals surface area contributed by atoms with E-state index in [0.29, 0.717) is 15.9 Å².